The third kappa shape index (κ3) is 3.10. The van der Waals surface area contributed by atoms with Crippen LogP contribution in [0.2, 0.25) is 0 Å². The number of non-ortho nitro benzene ring substituents is 1. The van der Waals surface area contributed by atoms with Gasteiger partial charge in [0.2, 0.25) is 0 Å². The molecule has 0 radical (unpaired) electrons. The molecule has 1 aliphatic heterocycles. The molecule has 6 nitrogen and oxygen atoms in total. The maximum atomic E-state index is 12.2. The lowest BCUT2D eigenvalue weighted by Crippen LogP contribution is -2.33. The van der Waals surface area contributed by atoms with Crippen molar-refractivity contribution in [3.63, 3.8) is 0 Å². The van der Waals surface area contributed by atoms with Gasteiger partial charge in [-0.15, -0.1) is 0 Å². The molecule has 0 bridgehead atoms. The van der Waals surface area contributed by atoms with Gasteiger partial charge in [0.1, 0.15) is 0 Å². The first-order chi connectivity index (χ1) is 8.78. The number of nitro groups is 1. The Balaban J connectivity index is 2.27. The first kappa shape index (κ1) is 14.0. The number of halogens is 1. The summed E-state index contributed by atoms with van der Waals surface area (Å²) in [4.78, 5) is 24.0. The number of hydrogen-bond donors (Lipinski definition) is 1. The lowest BCUT2D eigenvalue weighted by Gasteiger charge is -2.19. The molecular formula is C12H13BrN2O4. The predicted molar refractivity (Wildman–Crippen MR) is 71.9 cm³/mol. The second-order valence-electron chi connectivity index (χ2n) is 4.93. The van der Waals surface area contributed by atoms with E-state index >= 15 is 0 Å². The van der Waals surface area contributed by atoms with Crippen LogP contribution in [0.25, 0.3) is 0 Å². The van der Waals surface area contributed by atoms with E-state index in [-0.39, 0.29) is 23.7 Å². The van der Waals surface area contributed by atoms with Gasteiger partial charge in [0.05, 0.1) is 10.5 Å². The van der Waals surface area contributed by atoms with Crippen molar-refractivity contribution in [3.05, 3.63) is 38.3 Å². The van der Waals surface area contributed by atoms with Gasteiger partial charge < -0.3 is 10.0 Å². The fourth-order valence-electron chi connectivity index (χ4n) is 2.10. The van der Waals surface area contributed by atoms with Gasteiger partial charge in [0.15, 0.2) is 0 Å². The third-order valence-electron chi connectivity index (χ3n) is 3.08. The summed E-state index contributed by atoms with van der Waals surface area (Å²) in [7, 11) is 0. The number of carbonyl (C=O) groups excluding carboxylic acids is 1. The summed E-state index contributed by atoms with van der Waals surface area (Å²) in [5.41, 5.74) is -0.768. The van der Waals surface area contributed by atoms with Crippen molar-refractivity contribution in [2.75, 3.05) is 13.1 Å². The first-order valence-corrected chi connectivity index (χ1v) is 6.54. The van der Waals surface area contributed by atoms with E-state index in [1.54, 1.807) is 13.0 Å². The number of rotatable bonds is 2. The van der Waals surface area contributed by atoms with Crippen LogP contribution in [0.4, 0.5) is 5.69 Å². The molecule has 0 aliphatic carbocycles. The fraction of sp³-hybridized carbons (Fsp3) is 0.417. The maximum Gasteiger partial charge on any atom is 0.271 e. The zero-order chi connectivity index (χ0) is 14.2. The Kier molecular flexibility index (Phi) is 3.60. The highest BCUT2D eigenvalue weighted by molar-refractivity contribution is 9.10. The van der Waals surface area contributed by atoms with Crippen LogP contribution in [0.1, 0.15) is 23.7 Å². The van der Waals surface area contributed by atoms with Gasteiger partial charge in [-0.25, -0.2) is 0 Å². The summed E-state index contributed by atoms with van der Waals surface area (Å²) in [5.74, 6) is -0.304. The molecule has 1 unspecified atom stereocenters. The van der Waals surface area contributed by atoms with Crippen molar-refractivity contribution < 1.29 is 14.8 Å². The highest BCUT2D eigenvalue weighted by atomic mass is 79.9. The van der Waals surface area contributed by atoms with Crippen LogP contribution in [0.5, 0.6) is 0 Å². The number of aliphatic hydroxyl groups is 1. The molecule has 1 amide bonds. The van der Waals surface area contributed by atoms with E-state index in [1.165, 1.54) is 17.0 Å². The van der Waals surface area contributed by atoms with Crippen LogP contribution in [0.3, 0.4) is 0 Å². The zero-order valence-corrected chi connectivity index (χ0v) is 11.9. The molecule has 2 rings (SSSR count). The summed E-state index contributed by atoms with van der Waals surface area (Å²) in [5, 5.41) is 20.6. The van der Waals surface area contributed by atoms with Crippen LogP contribution >= 0.6 is 15.9 Å². The molecule has 19 heavy (non-hydrogen) atoms. The molecule has 1 aromatic carbocycles. The van der Waals surface area contributed by atoms with Gasteiger partial charge in [-0.2, -0.15) is 0 Å². The SMILES string of the molecule is CC1(O)CCN(C(=O)c2cc(Br)cc([N+](=O)[O-])c2)C1. The third-order valence-corrected chi connectivity index (χ3v) is 3.54. The van der Waals surface area contributed by atoms with Crippen LogP contribution in [-0.2, 0) is 0 Å². The number of likely N-dealkylation sites (tertiary alicyclic amines) is 1. The van der Waals surface area contributed by atoms with Gasteiger partial charge >= 0.3 is 0 Å². The molecule has 1 fully saturated rings. The summed E-state index contributed by atoms with van der Waals surface area (Å²) in [6.45, 7) is 2.36. The Hall–Kier alpha value is -1.47. The first-order valence-electron chi connectivity index (χ1n) is 5.75. The van der Waals surface area contributed by atoms with Crippen molar-refractivity contribution in [3.8, 4) is 0 Å². The molecule has 1 aromatic rings. The molecule has 0 aromatic heterocycles. The predicted octanol–water partition coefficient (Wildman–Crippen LogP) is 1.95. The summed E-state index contributed by atoms with van der Waals surface area (Å²) in [6.07, 6.45) is 0.509. The maximum absolute atomic E-state index is 12.2. The summed E-state index contributed by atoms with van der Waals surface area (Å²) in [6, 6.07) is 4.14. The van der Waals surface area contributed by atoms with Crippen LogP contribution in [-0.4, -0.2) is 39.5 Å². The minimum Gasteiger partial charge on any atom is -0.388 e. The Bertz CT molecular complexity index is 545. The average Bonchev–Trinajstić information content (AvgIpc) is 2.68. The molecule has 1 aliphatic rings. The number of nitro benzene ring substituents is 1. The summed E-state index contributed by atoms with van der Waals surface area (Å²) < 4.78 is 0.482. The Morgan fingerprint density at radius 3 is 2.74 bits per heavy atom. The molecule has 1 atom stereocenters. The number of nitrogens with zero attached hydrogens (tertiary/aromatic N) is 2. The molecule has 0 spiro atoms. The molecule has 7 heteroatoms. The van der Waals surface area contributed by atoms with E-state index in [0.29, 0.717) is 17.4 Å². The van der Waals surface area contributed by atoms with Crippen molar-refractivity contribution in [1.82, 2.24) is 4.90 Å². The van der Waals surface area contributed by atoms with Gasteiger partial charge in [-0.3, -0.25) is 14.9 Å². The van der Waals surface area contributed by atoms with Gasteiger partial charge in [0, 0.05) is 35.3 Å². The lowest BCUT2D eigenvalue weighted by atomic mass is 10.1. The van der Waals surface area contributed by atoms with E-state index in [9.17, 15) is 20.0 Å². The smallest absolute Gasteiger partial charge is 0.271 e. The quantitative estimate of drug-likeness (QED) is 0.664. The largest absolute Gasteiger partial charge is 0.388 e. The van der Waals surface area contributed by atoms with Crippen LogP contribution < -0.4 is 0 Å². The van der Waals surface area contributed by atoms with E-state index in [1.807, 2.05) is 0 Å². The highest BCUT2D eigenvalue weighted by Crippen LogP contribution is 2.26. The number of β-amino-alcohol motifs (C(OH)–C–C–N with tert-alkyl or cyclic N) is 1. The molecule has 1 heterocycles. The number of hydrogen-bond acceptors (Lipinski definition) is 4. The van der Waals surface area contributed by atoms with Crippen molar-refractivity contribution in [1.29, 1.82) is 0 Å². The number of benzene rings is 1. The standard InChI is InChI=1S/C12H13BrN2O4/c1-12(17)2-3-14(7-12)11(16)8-4-9(13)6-10(5-8)15(18)19/h4-6,17H,2-3,7H2,1H3. The molecule has 1 N–H and O–H groups in total. The van der Waals surface area contributed by atoms with E-state index < -0.39 is 10.5 Å². The van der Waals surface area contributed by atoms with Gasteiger partial charge in [-0.1, -0.05) is 15.9 Å². The van der Waals surface area contributed by atoms with E-state index in [4.69, 9.17) is 0 Å². The second kappa shape index (κ2) is 4.90. The Morgan fingerprint density at radius 1 is 1.53 bits per heavy atom. The number of carbonyl (C=O) groups is 1. The van der Waals surface area contributed by atoms with Crippen molar-refractivity contribution >= 4 is 27.5 Å². The van der Waals surface area contributed by atoms with Crippen LogP contribution in [0, 0.1) is 10.1 Å². The van der Waals surface area contributed by atoms with Gasteiger partial charge in [0.25, 0.3) is 11.6 Å². The van der Waals surface area contributed by atoms with Crippen molar-refractivity contribution in [2.24, 2.45) is 0 Å². The lowest BCUT2D eigenvalue weighted by molar-refractivity contribution is -0.385. The minimum atomic E-state index is -0.881. The highest BCUT2D eigenvalue weighted by Gasteiger charge is 2.34. The molecule has 102 valence electrons. The number of amides is 1. The monoisotopic (exact) mass is 328 g/mol. The Labute approximate surface area is 118 Å². The molecule has 1 saturated heterocycles. The molecular weight excluding hydrogens is 316 g/mol. The normalized spacial score (nSPS) is 22.6. The van der Waals surface area contributed by atoms with Gasteiger partial charge in [-0.05, 0) is 19.4 Å². The average molecular weight is 329 g/mol. The van der Waals surface area contributed by atoms with Crippen molar-refractivity contribution in [2.45, 2.75) is 18.9 Å². The molecule has 0 saturated carbocycles. The second-order valence-corrected chi connectivity index (χ2v) is 5.84. The fourth-order valence-corrected chi connectivity index (χ4v) is 2.59. The minimum absolute atomic E-state index is 0.135. The van der Waals surface area contributed by atoms with E-state index in [0.717, 1.165) is 0 Å². The Morgan fingerprint density at radius 2 is 2.21 bits per heavy atom. The zero-order valence-electron chi connectivity index (χ0n) is 10.3. The van der Waals surface area contributed by atoms with E-state index in [2.05, 4.69) is 15.9 Å². The van der Waals surface area contributed by atoms with Crippen LogP contribution in [0.15, 0.2) is 22.7 Å². The summed E-state index contributed by atoms with van der Waals surface area (Å²) >= 11 is 3.16. The topological polar surface area (TPSA) is 83.7 Å².